The number of halogens is 2. The van der Waals surface area contributed by atoms with Gasteiger partial charge in [0.25, 0.3) is 0 Å². The summed E-state index contributed by atoms with van der Waals surface area (Å²) in [5.41, 5.74) is 2.28. The SMILES string of the molecule is CCNC(=NCc1cccc(Cl)c1)NCc1ccnc(N2CCN(C)CC2)c1.I. The smallest absolute Gasteiger partial charge is 0.191 e. The largest absolute Gasteiger partial charge is 0.357 e. The molecule has 0 unspecified atom stereocenters. The van der Waals surface area contributed by atoms with Crippen LogP contribution in [0.3, 0.4) is 0 Å². The molecule has 1 aliphatic heterocycles. The first-order valence-electron chi connectivity index (χ1n) is 9.79. The fraction of sp³-hybridized carbons (Fsp3) is 0.429. The summed E-state index contributed by atoms with van der Waals surface area (Å²) in [6, 6.07) is 12.0. The zero-order chi connectivity index (χ0) is 19.8. The molecule has 2 heterocycles. The maximum Gasteiger partial charge on any atom is 0.191 e. The summed E-state index contributed by atoms with van der Waals surface area (Å²) in [7, 11) is 2.16. The molecular formula is C21H30ClIN6. The molecule has 0 radical (unpaired) electrons. The maximum absolute atomic E-state index is 6.06. The Morgan fingerprint density at radius 2 is 1.90 bits per heavy atom. The third-order valence-corrected chi connectivity index (χ3v) is 4.99. The van der Waals surface area contributed by atoms with E-state index in [1.54, 1.807) is 0 Å². The normalized spacial score (nSPS) is 15.0. The van der Waals surface area contributed by atoms with Crippen molar-refractivity contribution >= 4 is 47.4 Å². The lowest BCUT2D eigenvalue weighted by molar-refractivity contribution is 0.312. The van der Waals surface area contributed by atoms with Crippen LogP contribution in [0.15, 0.2) is 47.6 Å². The van der Waals surface area contributed by atoms with Crippen molar-refractivity contribution in [2.75, 3.05) is 44.7 Å². The molecule has 8 heteroatoms. The second-order valence-corrected chi connectivity index (χ2v) is 7.43. The summed E-state index contributed by atoms with van der Waals surface area (Å²) >= 11 is 6.06. The molecule has 0 atom stereocenters. The van der Waals surface area contributed by atoms with Crippen LogP contribution in [0.2, 0.25) is 5.02 Å². The van der Waals surface area contributed by atoms with Crippen molar-refractivity contribution in [3.05, 3.63) is 58.7 Å². The summed E-state index contributed by atoms with van der Waals surface area (Å²) < 4.78 is 0. The molecule has 1 saturated heterocycles. The zero-order valence-corrected chi connectivity index (χ0v) is 20.2. The first-order chi connectivity index (χ1) is 13.6. The van der Waals surface area contributed by atoms with Gasteiger partial charge in [-0.1, -0.05) is 23.7 Å². The molecule has 1 aromatic carbocycles. The second-order valence-electron chi connectivity index (χ2n) is 6.99. The lowest BCUT2D eigenvalue weighted by atomic mass is 10.2. The van der Waals surface area contributed by atoms with Crippen LogP contribution in [-0.2, 0) is 13.1 Å². The summed E-state index contributed by atoms with van der Waals surface area (Å²) in [6.07, 6.45) is 1.89. The number of rotatable bonds is 6. The molecule has 158 valence electrons. The minimum absolute atomic E-state index is 0. The van der Waals surface area contributed by atoms with Crippen LogP contribution >= 0.6 is 35.6 Å². The molecule has 0 bridgehead atoms. The predicted octanol–water partition coefficient (Wildman–Crippen LogP) is 3.36. The van der Waals surface area contributed by atoms with Gasteiger partial charge in [-0.2, -0.15) is 0 Å². The van der Waals surface area contributed by atoms with E-state index >= 15 is 0 Å². The van der Waals surface area contributed by atoms with Crippen LogP contribution in [-0.4, -0.2) is 55.6 Å². The highest BCUT2D eigenvalue weighted by Crippen LogP contribution is 2.15. The molecule has 0 spiro atoms. The van der Waals surface area contributed by atoms with Crippen LogP contribution < -0.4 is 15.5 Å². The van der Waals surface area contributed by atoms with Crippen molar-refractivity contribution in [3.8, 4) is 0 Å². The number of nitrogens with zero attached hydrogens (tertiary/aromatic N) is 4. The molecule has 0 aliphatic carbocycles. The summed E-state index contributed by atoms with van der Waals surface area (Å²) in [5.74, 6) is 1.84. The average Bonchev–Trinajstić information content (AvgIpc) is 2.71. The summed E-state index contributed by atoms with van der Waals surface area (Å²) in [4.78, 5) is 13.9. The van der Waals surface area contributed by atoms with Gasteiger partial charge in [0.2, 0.25) is 0 Å². The van der Waals surface area contributed by atoms with Crippen LogP contribution in [0.1, 0.15) is 18.1 Å². The number of likely N-dealkylation sites (N-methyl/N-ethyl adjacent to an activating group) is 1. The van der Waals surface area contributed by atoms with Crippen LogP contribution in [0.25, 0.3) is 0 Å². The van der Waals surface area contributed by atoms with E-state index in [4.69, 9.17) is 11.6 Å². The molecule has 2 N–H and O–H groups in total. The number of anilines is 1. The number of nitrogens with one attached hydrogen (secondary N) is 2. The highest BCUT2D eigenvalue weighted by molar-refractivity contribution is 14.0. The van der Waals surface area contributed by atoms with Gasteiger partial charge in [-0.25, -0.2) is 9.98 Å². The van der Waals surface area contributed by atoms with Gasteiger partial charge in [0.15, 0.2) is 5.96 Å². The number of hydrogen-bond donors (Lipinski definition) is 2. The number of aromatic nitrogens is 1. The van der Waals surface area contributed by atoms with Crippen molar-refractivity contribution in [2.24, 2.45) is 4.99 Å². The molecule has 29 heavy (non-hydrogen) atoms. The zero-order valence-electron chi connectivity index (χ0n) is 17.1. The topological polar surface area (TPSA) is 55.8 Å². The van der Waals surface area contributed by atoms with Crippen molar-refractivity contribution in [1.29, 1.82) is 0 Å². The molecule has 1 aromatic heterocycles. The summed E-state index contributed by atoms with van der Waals surface area (Å²) in [5, 5.41) is 7.44. The molecule has 3 rings (SSSR count). The van der Waals surface area contributed by atoms with E-state index in [1.165, 1.54) is 5.56 Å². The molecule has 1 fully saturated rings. The first kappa shape index (κ1) is 23.7. The van der Waals surface area contributed by atoms with Gasteiger partial charge < -0.3 is 20.4 Å². The Morgan fingerprint density at radius 3 is 2.62 bits per heavy atom. The van der Waals surface area contributed by atoms with E-state index < -0.39 is 0 Å². The molecule has 1 aliphatic rings. The highest BCUT2D eigenvalue weighted by Gasteiger charge is 2.15. The molecule has 0 amide bonds. The molecular weight excluding hydrogens is 499 g/mol. The third kappa shape index (κ3) is 7.64. The monoisotopic (exact) mass is 528 g/mol. The Kier molecular flexibility index (Phi) is 9.96. The van der Waals surface area contributed by atoms with Crippen molar-refractivity contribution in [2.45, 2.75) is 20.0 Å². The van der Waals surface area contributed by atoms with E-state index in [-0.39, 0.29) is 24.0 Å². The minimum atomic E-state index is 0. The molecule has 6 nitrogen and oxygen atoms in total. The number of aliphatic imine (C=N–C) groups is 1. The first-order valence-corrected chi connectivity index (χ1v) is 10.2. The third-order valence-electron chi connectivity index (χ3n) is 4.75. The number of hydrogen-bond acceptors (Lipinski definition) is 4. The van der Waals surface area contributed by atoms with Crippen molar-refractivity contribution < 1.29 is 0 Å². The lowest BCUT2D eigenvalue weighted by Crippen LogP contribution is -2.44. The Balaban J connectivity index is 0.00000300. The van der Waals surface area contributed by atoms with Crippen molar-refractivity contribution in [1.82, 2.24) is 20.5 Å². The number of benzene rings is 1. The Morgan fingerprint density at radius 1 is 1.10 bits per heavy atom. The fourth-order valence-corrected chi connectivity index (χ4v) is 3.33. The minimum Gasteiger partial charge on any atom is -0.357 e. The van der Waals surface area contributed by atoms with E-state index in [0.717, 1.165) is 55.1 Å². The predicted molar refractivity (Wildman–Crippen MR) is 132 cm³/mol. The van der Waals surface area contributed by atoms with Gasteiger partial charge in [0.1, 0.15) is 5.82 Å². The van der Waals surface area contributed by atoms with Crippen LogP contribution in [0.5, 0.6) is 0 Å². The average molecular weight is 529 g/mol. The standard InChI is InChI=1S/C21H29ClN6.HI/c1-3-23-21(25-15-17-5-4-6-19(22)13-17)26-16-18-7-8-24-20(14-18)28-11-9-27(2)10-12-28;/h4-8,13-14H,3,9-12,15-16H2,1-2H3,(H2,23,25,26);1H. The van der Waals surface area contributed by atoms with Gasteiger partial charge in [-0.3, -0.25) is 0 Å². The Labute approximate surface area is 195 Å². The lowest BCUT2D eigenvalue weighted by Gasteiger charge is -2.33. The van der Waals surface area contributed by atoms with Gasteiger partial charge in [0, 0.05) is 50.5 Å². The highest BCUT2D eigenvalue weighted by atomic mass is 127. The van der Waals surface area contributed by atoms with Gasteiger partial charge in [-0.05, 0) is 49.4 Å². The van der Waals surface area contributed by atoms with Gasteiger partial charge in [0.05, 0.1) is 6.54 Å². The van der Waals surface area contributed by atoms with Gasteiger partial charge in [-0.15, -0.1) is 24.0 Å². The van der Waals surface area contributed by atoms with E-state index in [9.17, 15) is 0 Å². The maximum atomic E-state index is 6.06. The van der Waals surface area contributed by atoms with E-state index in [0.29, 0.717) is 13.1 Å². The van der Waals surface area contributed by atoms with E-state index in [1.807, 2.05) is 36.5 Å². The Hall–Kier alpha value is -1.58. The van der Waals surface area contributed by atoms with Crippen LogP contribution in [0, 0.1) is 0 Å². The summed E-state index contributed by atoms with van der Waals surface area (Å²) in [6.45, 7) is 8.34. The van der Waals surface area contributed by atoms with Gasteiger partial charge >= 0.3 is 0 Å². The molecule has 0 saturated carbocycles. The quantitative estimate of drug-likeness (QED) is 0.342. The number of piperazine rings is 1. The number of guanidine groups is 1. The fourth-order valence-electron chi connectivity index (χ4n) is 3.11. The molecule has 2 aromatic rings. The van der Waals surface area contributed by atoms with Crippen molar-refractivity contribution in [3.63, 3.8) is 0 Å². The van der Waals surface area contributed by atoms with Crippen LogP contribution in [0.4, 0.5) is 5.82 Å². The second kappa shape index (κ2) is 12.2. The number of pyridine rings is 1. The van der Waals surface area contributed by atoms with E-state index in [2.05, 4.69) is 50.4 Å². The Bertz CT molecular complexity index is 792.